The van der Waals surface area contributed by atoms with Crippen molar-refractivity contribution >= 4 is 11.9 Å². The van der Waals surface area contributed by atoms with Crippen molar-refractivity contribution in [2.24, 2.45) is 0 Å². The summed E-state index contributed by atoms with van der Waals surface area (Å²) in [6, 6.07) is 8.38. The van der Waals surface area contributed by atoms with Crippen LogP contribution in [0.25, 0.3) is 0 Å². The van der Waals surface area contributed by atoms with E-state index in [1.807, 2.05) is 24.3 Å². The normalized spacial score (nSPS) is 20.8. The second-order valence-corrected chi connectivity index (χ2v) is 10.8. The lowest BCUT2D eigenvalue weighted by Crippen LogP contribution is -2.51. The molecule has 2 aliphatic heterocycles. The van der Waals surface area contributed by atoms with Crippen molar-refractivity contribution in [2.45, 2.75) is 82.8 Å². The van der Waals surface area contributed by atoms with Gasteiger partial charge < -0.3 is 20.1 Å². The molecular formula is C29H42N4O6. The summed E-state index contributed by atoms with van der Waals surface area (Å²) < 4.78 is 5.16. The maximum atomic E-state index is 12.0. The molecule has 0 aliphatic carbocycles. The number of carboxylic acid groups (broad SMARTS) is 1. The van der Waals surface area contributed by atoms with Gasteiger partial charge in [0.05, 0.1) is 6.10 Å². The van der Waals surface area contributed by atoms with E-state index in [1.165, 1.54) is 5.56 Å². The van der Waals surface area contributed by atoms with E-state index in [1.54, 1.807) is 38.6 Å². The van der Waals surface area contributed by atoms with Crippen molar-refractivity contribution in [1.82, 2.24) is 19.8 Å². The number of carbonyl (C=O) groups excluding carboxylic acids is 1. The summed E-state index contributed by atoms with van der Waals surface area (Å²) in [4.78, 5) is 35.4. The molecule has 2 fully saturated rings. The molecule has 2 saturated heterocycles. The van der Waals surface area contributed by atoms with E-state index in [-0.39, 0.29) is 31.0 Å². The second kappa shape index (κ2) is 13.4. The van der Waals surface area contributed by atoms with Crippen molar-refractivity contribution in [3.8, 4) is 0 Å². The number of aliphatic carboxylic acids is 1. The van der Waals surface area contributed by atoms with Crippen LogP contribution in [-0.2, 0) is 14.3 Å². The molecule has 39 heavy (non-hydrogen) atoms. The van der Waals surface area contributed by atoms with Crippen LogP contribution in [0.3, 0.4) is 0 Å². The predicted molar refractivity (Wildman–Crippen MR) is 146 cm³/mol. The number of carbonyl (C=O) groups is 2. The van der Waals surface area contributed by atoms with E-state index in [0.717, 1.165) is 5.56 Å². The minimum absolute atomic E-state index is 0.199. The van der Waals surface area contributed by atoms with Crippen LogP contribution in [-0.4, -0.2) is 90.5 Å². The van der Waals surface area contributed by atoms with Gasteiger partial charge in [-0.1, -0.05) is 0 Å². The number of hydrogen-bond donors (Lipinski definition) is 3. The number of aliphatic hydroxyl groups is 2. The summed E-state index contributed by atoms with van der Waals surface area (Å²) in [6.07, 6.45) is 8.25. The number of rotatable bonds is 7. The molecule has 2 aromatic rings. The fraction of sp³-hybridized carbons (Fsp3) is 0.586. The molecule has 0 amide bonds. The molecule has 0 bridgehead atoms. The number of esters is 1. The van der Waals surface area contributed by atoms with E-state index in [9.17, 15) is 19.8 Å². The molecule has 4 heterocycles. The summed E-state index contributed by atoms with van der Waals surface area (Å²) in [5.41, 5.74) is -0.529. The van der Waals surface area contributed by atoms with Crippen LogP contribution >= 0.6 is 0 Å². The fourth-order valence-electron chi connectivity index (χ4n) is 5.01. The smallest absolute Gasteiger partial charge is 0.338 e. The van der Waals surface area contributed by atoms with E-state index in [4.69, 9.17) is 9.84 Å². The van der Waals surface area contributed by atoms with Crippen molar-refractivity contribution in [2.75, 3.05) is 26.2 Å². The molecular weight excluding hydrogens is 500 g/mol. The van der Waals surface area contributed by atoms with Crippen molar-refractivity contribution in [3.63, 3.8) is 0 Å². The van der Waals surface area contributed by atoms with Gasteiger partial charge in [0, 0.05) is 63.1 Å². The van der Waals surface area contributed by atoms with Crippen LogP contribution in [0.4, 0.5) is 0 Å². The summed E-state index contributed by atoms with van der Waals surface area (Å²) >= 11 is 0. The van der Waals surface area contributed by atoms with E-state index < -0.39 is 23.1 Å². The summed E-state index contributed by atoms with van der Waals surface area (Å²) in [5.74, 6) is -1.60. The summed E-state index contributed by atoms with van der Waals surface area (Å²) in [5, 5.41) is 29.3. The molecule has 2 aliphatic rings. The van der Waals surface area contributed by atoms with Gasteiger partial charge in [-0.05, 0) is 88.8 Å². The Bertz CT molecular complexity index is 1050. The Kier molecular flexibility index (Phi) is 10.5. The number of nitrogens with zero attached hydrogens (tertiary/aromatic N) is 4. The van der Waals surface area contributed by atoms with Crippen LogP contribution in [0, 0.1) is 0 Å². The fourth-order valence-corrected chi connectivity index (χ4v) is 5.01. The summed E-state index contributed by atoms with van der Waals surface area (Å²) in [6.45, 7) is 10.3. The number of ether oxygens (including phenoxy) is 1. The first-order chi connectivity index (χ1) is 18.4. The summed E-state index contributed by atoms with van der Waals surface area (Å²) in [7, 11) is 0. The van der Waals surface area contributed by atoms with Gasteiger partial charge in [-0.2, -0.15) is 0 Å². The average Bonchev–Trinajstić information content (AvgIpc) is 2.94. The number of piperidine rings is 2. The van der Waals surface area contributed by atoms with Gasteiger partial charge in [0.15, 0.2) is 11.2 Å². The van der Waals surface area contributed by atoms with Gasteiger partial charge >= 0.3 is 11.9 Å². The molecule has 2 atom stereocenters. The van der Waals surface area contributed by atoms with Gasteiger partial charge in [0.1, 0.15) is 0 Å². The molecule has 10 heteroatoms. The minimum atomic E-state index is -1.55. The Labute approximate surface area is 230 Å². The number of likely N-dealkylation sites (tertiary alicyclic amines) is 2. The molecule has 0 saturated carbocycles. The van der Waals surface area contributed by atoms with Gasteiger partial charge in [-0.15, -0.1) is 0 Å². The van der Waals surface area contributed by atoms with Gasteiger partial charge in [0.25, 0.3) is 0 Å². The minimum Gasteiger partial charge on any atom is -0.479 e. The Hall–Kier alpha value is -2.92. The Morgan fingerprint density at radius 1 is 0.744 bits per heavy atom. The zero-order chi connectivity index (χ0) is 28.6. The average molecular weight is 543 g/mol. The standard InChI is InChI=1S/C16H24N2O3.C13H18N2O3/c1-12(2)21-15(19)16(20)6-10-18(11-7-16)13(3)14-4-8-17-9-5-14;1-10(11-2-6-14-7-3-11)15-8-4-13(18,5-9-15)12(16)17/h4-5,8-9,12-13,20H,6-7,10-11H2,1-3H3;2-3,6-7,10,18H,4-5,8-9H2,1H3,(H,16,17). The lowest BCUT2D eigenvalue weighted by molar-refractivity contribution is -0.175. The highest BCUT2D eigenvalue weighted by Gasteiger charge is 2.42. The van der Waals surface area contributed by atoms with Crippen molar-refractivity contribution in [3.05, 3.63) is 60.2 Å². The third-order valence-corrected chi connectivity index (χ3v) is 7.84. The maximum Gasteiger partial charge on any atom is 0.338 e. The van der Waals surface area contributed by atoms with Crippen LogP contribution < -0.4 is 0 Å². The third-order valence-electron chi connectivity index (χ3n) is 7.84. The van der Waals surface area contributed by atoms with E-state index in [0.29, 0.717) is 39.0 Å². The van der Waals surface area contributed by atoms with E-state index >= 15 is 0 Å². The SMILES string of the molecule is CC(C)OC(=O)C1(O)CCN(C(C)c2ccncc2)CC1.CC(c1ccncc1)N1CCC(O)(C(=O)O)CC1. The highest BCUT2D eigenvalue weighted by molar-refractivity contribution is 5.79. The Morgan fingerprint density at radius 2 is 1.10 bits per heavy atom. The molecule has 0 radical (unpaired) electrons. The lowest BCUT2D eigenvalue weighted by Gasteiger charge is -2.39. The number of carboxylic acids is 1. The highest BCUT2D eigenvalue weighted by atomic mass is 16.6. The monoisotopic (exact) mass is 542 g/mol. The Balaban J connectivity index is 0.000000218. The zero-order valence-corrected chi connectivity index (χ0v) is 23.4. The largest absolute Gasteiger partial charge is 0.479 e. The molecule has 2 unspecified atom stereocenters. The van der Waals surface area contributed by atoms with E-state index in [2.05, 4.69) is 33.6 Å². The highest BCUT2D eigenvalue weighted by Crippen LogP contribution is 2.30. The molecule has 0 aromatic carbocycles. The van der Waals surface area contributed by atoms with Crippen LogP contribution in [0.1, 0.15) is 76.6 Å². The molecule has 0 spiro atoms. The second-order valence-electron chi connectivity index (χ2n) is 10.8. The van der Waals surface area contributed by atoms with Crippen LogP contribution in [0.2, 0.25) is 0 Å². The molecule has 3 N–H and O–H groups in total. The number of pyridine rings is 2. The van der Waals surface area contributed by atoms with Gasteiger partial charge in [0.2, 0.25) is 0 Å². The molecule has 4 rings (SSSR count). The van der Waals surface area contributed by atoms with Gasteiger partial charge in [-0.25, -0.2) is 9.59 Å². The van der Waals surface area contributed by atoms with Crippen LogP contribution in [0.15, 0.2) is 49.1 Å². The topological polar surface area (TPSA) is 136 Å². The lowest BCUT2D eigenvalue weighted by atomic mass is 9.90. The zero-order valence-electron chi connectivity index (χ0n) is 23.4. The van der Waals surface area contributed by atoms with Gasteiger partial charge in [-0.3, -0.25) is 19.8 Å². The third kappa shape index (κ3) is 8.04. The maximum absolute atomic E-state index is 12.0. The number of aromatic nitrogens is 2. The number of hydrogen-bond acceptors (Lipinski definition) is 9. The first-order valence-corrected chi connectivity index (χ1v) is 13.6. The first kappa shape index (κ1) is 30.6. The van der Waals surface area contributed by atoms with Crippen LogP contribution in [0.5, 0.6) is 0 Å². The quantitative estimate of drug-likeness (QED) is 0.448. The van der Waals surface area contributed by atoms with Crippen molar-refractivity contribution in [1.29, 1.82) is 0 Å². The van der Waals surface area contributed by atoms with Crippen molar-refractivity contribution < 1.29 is 29.6 Å². The molecule has 214 valence electrons. The predicted octanol–water partition coefficient (Wildman–Crippen LogP) is 2.98. The molecule has 10 nitrogen and oxygen atoms in total. The Morgan fingerprint density at radius 3 is 1.44 bits per heavy atom. The first-order valence-electron chi connectivity index (χ1n) is 13.6. The molecule has 2 aromatic heterocycles.